The lowest BCUT2D eigenvalue weighted by Crippen LogP contribution is -2.49. The van der Waals surface area contributed by atoms with Crippen molar-refractivity contribution < 1.29 is 9.53 Å². The number of amides is 1. The van der Waals surface area contributed by atoms with Crippen molar-refractivity contribution in [1.29, 1.82) is 0 Å². The molecule has 0 aromatic heterocycles. The number of piperidine rings is 1. The van der Waals surface area contributed by atoms with Crippen molar-refractivity contribution in [1.82, 2.24) is 10.6 Å². The highest BCUT2D eigenvalue weighted by Gasteiger charge is 2.27. The molecule has 2 atom stereocenters. The van der Waals surface area contributed by atoms with Gasteiger partial charge in [0, 0.05) is 12.6 Å². The number of rotatable bonds is 2. The SMILES string of the molecule is Cl.O=C(N[C@@H]1CCCNC1)C1COc2ccccc2C1. The number of ether oxygens (including phenoxy) is 1. The smallest absolute Gasteiger partial charge is 0.227 e. The molecule has 5 heteroatoms. The molecule has 1 aromatic rings. The topological polar surface area (TPSA) is 50.4 Å². The Balaban J connectivity index is 0.00000147. The highest BCUT2D eigenvalue weighted by molar-refractivity contribution is 5.85. The summed E-state index contributed by atoms with van der Waals surface area (Å²) in [6.45, 7) is 2.44. The molecular weight excluding hydrogens is 276 g/mol. The highest BCUT2D eigenvalue weighted by atomic mass is 35.5. The minimum atomic E-state index is -0.0585. The number of nitrogens with one attached hydrogen (secondary N) is 2. The van der Waals surface area contributed by atoms with E-state index in [1.165, 1.54) is 0 Å². The maximum Gasteiger partial charge on any atom is 0.227 e. The van der Waals surface area contributed by atoms with Gasteiger partial charge in [-0.2, -0.15) is 0 Å². The summed E-state index contributed by atoms with van der Waals surface area (Å²) in [5.74, 6) is 0.992. The summed E-state index contributed by atoms with van der Waals surface area (Å²) in [6.07, 6.45) is 2.99. The van der Waals surface area contributed by atoms with Gasteiger partial charge in [-0.25, -0.2) is 0 Å². The predicted octanol–water partition coefficient (Wildman–Crippen LogP) is 1.53. The molecule has 1 saturated heterocycles. The van der Waals surface area contributed by atoms with E-state index in [2.05, 4.69) is 10.6 Å². The van der Waals surface area contributed by atoms with Crippen LogP contribution in [0.5, 0.6) is 5.75 Å². The molecule has 0 spiro atoms. The average Bonchev–Trinajstić information content (AvgIpc) is 2.48. The lowest BCUT2D eigenvalue weighted by Gasteiger charge is -2.28. The molecule has 2 aliphatic rings. The summed E-state index contributed by atoms with van der Waals surface area (Å²) in [7, 11) is 0. The average molecular weight is 297 g/mol. The second kappa shape index (κ2) is 6.95. The molecule has 1 unspecified atom stereocenters. The molecule has 0 aliphatic carbocycles. The molecule has 110 valence electrons. The van der Waals surface area contributed by atoms with E-state index >= 15 is 0 Å². The van der Waals surface area contributed by atoms with Crippen LogP contribution in [0.25, 0.3) is 0 Å². The zero-order valence-corrected chi connectivity index (χ0v) is 12.2. The van der Waals surface area contributed by atoms with Gasteiger partial charge in [0.1, 0.15) is 12.4 Å². The minimum Gasteiger partial charge on any atom is -0.492 e. The molecule has 1 amide bonds. The number of benzene rings is 1. The Kier molecular flexibility index (Phi) is 5.26. The molecule has 2 N–H and O–H groups in total. The molecule has 20 heavy (non-hydrogen) atoms. The molecule has 0 radical (unpaired) electrons. The number of carbonyl (C=O) groups excluding carboxylic acids is 1. The summed E-state index contributed by atoms with van der Waals surface area (Å²) < 4.78 is 5.67. The largest absolute Gasteiger partial charge is 0.492 e. The predicted molar refractivity (Wildman–Crippen MR) is 80.4 cm³/mol. The van der Waals surface area contributed by atoms with Crippen molar-refractivity contribution in [2.75, 3.05) is 19.7 Å². The van der Waals surface area contributed by atoms with Crippen LogP contribution in [0.15, 0.2) is 24.3 Å². The van der Waals surface area contributed by atoms with Gasteiger partial charge in [-0.15, -0.1) is 12.4 Å². The van der Waals surface area contributed by atoms with Crippen LogP contribution in [0.4, 0.5) is 0 Å². The van der Waals surface area contributed by atoms with Gasteiger partial charge in [0.15, 0.2) is 0 Å². The zero-order valence-electron chi connectivity index (χ0n) is 11.4. The van der Waals surface area contributed by atoms with E-state index in [4.69, 9.17) is 4.74 Å². The Morgan fingerprint density at radius 1 is 1.35 bits per heavy atom. The van der Waals surface area contributed by atoms with E-state index in [0.717, 1.165) is 43.7 Å². The van der Waals surface area contributed by atoms with Gasteiger partial charge in [-0.3, -0.25) is 4.79 Å². The molecule has 0 bridgehead atoms. The lowest BCUT2D eigenvalue weighted by atomic mass is 9.95. The summed E-state index contributed by atoms with van der Waals surface area (Å²) >= 11 is 0. The first-order valence-corrected chi connectivity index (χ1v) is 7.05. The van der Waals surface area contributed by atoms with E-state index in [1.807, 2.05) is 24.3 Å². The third-order valence-corrected chi connectivity index (χ3v) is 3.89. The second-order valence-corrected chi connectivity index (χ2v) is 5.37. The number of fused-ring (bicyclic) bond motifs is 1. The summed E-state index contributed by atoms with van der Waals surface area (Å²) in [4.78, 5) is 12.3. The third kappa shape index (κ3) is 3.44. The van der Waals surface area contributed by atoms with Crippen LogP contribution in [-0.2, 0) is 11.2 Å². The second-order valence-electron chi connectivity index (χ2n) is 5.37. The third-order valence-electron chi connectivity index (χ3n) is 3.89. The maximum absolute atomic E-state index is 12.3. The van der Waals surface area contributed by atoms with Crippen molar-refractivity contribution in [3.8, 4) is 5.75 Å². The van der Waals surface area contributed by atoms with Crippen LogP contribution in [0.1, 0.15) is 18.4 Å². The van der Waals surface area contributed by atoms with Crippen LogP contribution < -0.4 is 15.4 Å². The first kappa shape index (κ1) is 15.1. The number of halogens is 1. The van der Waals surface area contributed by atoms with Crippen LogP contribution in [-0.4, -0.2) is 31.6 Å². The summed E-state index contributed by atoms with van der Waals surface area (Å²) in [6, 6.07) is 8.24. The van der Waals surface area contributed by atoms with Crippen molar-refractivity contribution in [3.63, 3.8) is 0 Å². The number of carbonyl (C=O) groups is 1. The highest BCUT2D eigenvalue weighted by Crippen LogP contribution is 2.26. The Hall–Kier alpha value is -1.26. The van der Waals surface area contributed by atoms with E-state index < -0.39 is 0 Å². The zero-order chi connectivity index (χ0) is 13.1. The molecule has 2 aliphatic heterocycles. The van der Waals surface area contributed by atoms with E-state index in [0.29, 0.717) is 6.61 Å². The van der Waals surface area contributed by atoms with Crippen LogP contribution in [0.2, 0.25) is 0 Å². The summed E-state index contributed by atoms with van der Waals surface area (Å²) in [5, 5.41) is 6.45. The normalized spacial score (nSPS) is 24.8. The maximum atomic E-state index is 12.3. The molecule has 2 heterocycles. The molecule has 4 nitrogen and oxygen atoms in total. The van der Waals surface area contributed by atoms with Gasteiger partial charge in [-0.05, 0) is 37.4 Å². The van der Waals surface area contributed by atoms with Gasteiger partial charge in [0.2, 0.25) is 5.91 Å². The monoisotopic (exact) mass is 296 g/mol. The van der Waals surface area contributed by atoms with Crippen molar-refractivity contribution in [3.05, 3.63) is 29.8 Å². The molecule has 1 aromatic carbocycles. The van der Waals surface area contributed by atoms with E-state index in [9.17, 15) is 4.79 Å². The number of hydrogen-bond acceptors (Lipinski definition) is 3. The molecule has 0 saturated carbocycles. The van der Waals surface area contributed by atoms with Crippen molar-refractivity contribution in [2.24, 2.45) is 5.92 Å². The summed E-state index contributed by atoms with van der Waals surface area (Å²) in [5.41, 5.74) is 1.13. The van der Waals surface area contributed by atoms with Crippen LogP contribution >= 0.6 is 12.4 Å². The Morgan fingerprint density at radius 3 is 3.00 bits per heavy atom. The van der Waals surface area contributed by atoms with Gasteiger partial charge in [-0.1, -0.05) is 18.2 Å². The van der Waals surface area contributed by atoms with Gasteiger partial charge in [0.25, 0.3) is 0 Å². The van der Waals surface area contributed by atoms with E-state index in [1.54, 1.807) is 0 Å². The quantitative estimate of drug-likeness (QED) is 0.870. The molecule has 3 rings (SSSR count). The first-order valence-electron chi connectivity index (χ1n) is 7.05. The Labute approximate surface area is 125 Å². The van der Waals surface area contributed by atoms with E-state index in [-0.39, 0.29) is 30.3 Å². The molecule has 1 fully saturated rings. The number of hydrogen-bond donors (Lipinski definition) is 2. The molecular formula is C15H21ClN2O2. The lowest BCUT2D eigenvalue weighted by molar-refractivity contribution is -0.127. The van der Waals surface area contributed by atoms with Crippen molar-refractivity contribution >= 4 is 18.3 Å². The fourth-order valence-electron chi connectivity index (χ4n) is 2.79. The standard InChI is InChI=1S/C15H20N2O2.ClH/c18-15(17-13-5-3-7-16-9-13)12-8-11-4-1-2-6-14(11)19-10-12;/h1-2,4,6,12-13,16H,3,5,7-10H2,(H,17,18);1H/t12?,13-;/m1./s1. The van der Waals surface area contributed by atoms with Crippen LogP contribution in [0, 0.1) is 5.92 Å². The minimum absolute atomic E-state index is 0. The van der Waals surface area contributed by atoms with Crippen LogP contribution in [0.3, 0.4) is 0 Å². The van der Waals surface area contributed by atoms with Gasteiger partial charge in [0.05, 0.1) is 5.92 Å². The number of para-hydroxylation sites is 1. The fraction of sp³-hybridized carbons (Fsp3) is 0.533. The van der Waals surface area contributed by atoms with Crippen molar-refractivity contribution in [2.45, 2.75) is 25.3 Å². The first-order chi connectivity index (χ1) is 9.33. The van der Waals surface area contributed by atoms with Gasteiger partial charge >= 0.3 is 0 Å². The van der Waals surface area contributed by atoms with Gasteiger partial charge < -0.3 is 15.4 Å². The Bertz CT molecular complexity index is 461. The fourth-order valence-corrected chi connectivity index (χ4v) is 2.79. The Morgan fingerprint density at radius 2 is 2.20 bits per heavy atom.